The number of imidazole rings is 1. The van der Waals surface area contributed by atoms with Gasteiger partial charge in [0.15, 0.2) is 0 Å². The molecular formula is C39H38N2O. The van der Waals surface area contributed by atoms with Gasteiger partial charge < -0.3 is 4.42 Å². The van der Waals surface area contributed by atoms with Crippen LogP contribution < -0.4 is 0 Å². The highest BCUT2D eigenvalue weighted by atomic mass is 16.3. The average molecular weight is 551 g/mol. The van der Waals surface area contributed by atoms with E-state index in [2.05, 4.69) is 137 Å². The number of fused-ring (bicyclic) bond motifs is 6. The predicted molar refractivity (Wildman–Crippen MR) is 178 cm³/mol. The number of para-hydroxylation sites is 3. The smallest absolute Gasteiger partial charge is 0.149 e. The summed E-state index contributed by atoms with van der Waals surface area (Å²) in [6, 6.07) is 32.7. The molecule has 0 aliphatic heterocycles. The van der Waals surface area contributed by atoms with Crippen molar-refractivity contribution >= 4 is 43.7 Å². The molecule has 0 saturated heterocycles. The van der Waals surface area contributed by atoms with Crippen LogP contribution in [0.15, 0.2) is 95.4 Å². The SMILES string of the molecule is CC(C)Cc1cc(C(C)C)c(-n2c(-c3cccc4c3oc3c5ccccc5ccc43)nc3ccccc32)c(C(C)C)c1. The van der Waals surface area contributed by atoms with Crippen LogP contribution in [0.2, 0.25) is 0 Å². The Morgan fingerprint density at radius 3 is 2.07 bits per heavy atom. The molecule has 0 N–H and O–H groups in total. The second kappa shape index (κ2) is 10.2. The number of hydrogen-bond acceptors (Lipinski definition) is 2. The topological polar surface area (TPSA) is 31.0 Å². The maximum atomic E-state index is 6.80. The number of rotatable bonds is 6. The first kappa shape index (κ1) is 26.5. The molecule has 42 heavy (non-hydrogen) atoms. The summed E-state index contributed by atoms with van der Waals surface area (Å²) in [6.45, 7) is 13.9. The van der Waals surface area contributed by atoms with Crippen LogP contribution >= 0.6 is 0 Å². The van der Waals surface area contributed by atoms with Crippen LogP contribution in [0.4, 0.5) is 0 Å². The monoisotopic (exact) mass is 550 g/mol. The van der Waals surface area contributed by atoms with E-state index in [1.54, 1.807) is 0 Å². The molecular weight excluding hydrogens is 512 g/mol. The lowest BCUT2D eigenvalue weighted by atomic mass is 9.87. The predicted octanol–water partition coefficient (Wildman–Crippen LogP) is 11.2. The molecule has 210 valence electrons. The van der Waals surface area contributed by atoms with E-state index in [1.165, 1.54) is 27.8 Å². The fourth-order valence-electron chi connectivity index (χ4n) is 6.61. The molecule has 0 aliphatic rings. The minimum Gasteiger partial charge on any atom is -0.455 e. The van der Waals surface area contributed by atoms with E-state index < -0.39 is 0 Å². The molecule has 5 aromatic carbocycles. The van der Waals surface area contributed by atoms with Crippen molar-refractivity contribution in [2.75, 3.05) is 0 Å². The van der Waals surface area contributed by atoms with Crippen LogP contribution in [0, 0.1) is 5.92 Å². The number of furan rings is 1. The third kappa shape index (κ3) is 4.22. The van der Waals surface area contributed by atoms with Crippen molar-refractivity contribution in [3.63, 3.8) is 0 Å². The Labute approximate surface area is 247 Å². The first-order chi connectivity index (χ1) is 20.3. The Balaban J connectivity index is 1.59. The zero-order valence-corrected chi connectivity index (χ0v) is 25.4. The molecule has 0 saturated carbocycles. The van der Waals surface area contributed by atoms with Crippen LogP contribution in [0.25, 0.3) is 60.8 Å². The quantitative estimate of drug-likeness (QED) is 0.206. The van der Waals surface area contributed by atoms with Crippen molar-refractivity contribution in [1.82, 2.24) is 9.55 Å². The lowest BCUT2D eigenvalue weighted by Gasteiger charge is -2.24. The Morgan fingerprint density at radius 2 is 1.33 bits per heavy atom. The van der Waals surface area contributed by atoms with Crippen molar-refractivity contribution in [3.05, 3.63) is 108 Å². The van der Waals surface area contributed by atoms with E-state index in [0.717, 1.165) is 56.2 Å². The first-order valence-electron chi connectivity index (χ1n) is 15.3. The largest absolute Gasteiger partial charge is 0.455 e. The van der Waals surface area contributed by atoms with Crippen molar-refractivity contribution in [1.29, 1.82) is 0 Å². The van der Waals surface area contributed by atoms with Crippen molar-refractivity contribution in [2.24, 2.45) is 5.92 Å². The first-order valence-corrected chi connectivity index (χ1v) is 15.3. The van der Waals surface area contributed by atoms with Crippen LogP contribution in [0.5, 0.6) is 0 Å². The van der Waals surface area contributed by atoms with E-state index >= 15 is 0 Å². The summed E-state index contributed by atoms with van der Waals surface area (Å²) in [4.78, 5) is 5.32. The molecule has 3 nitrogen and oxygen atoms in total. The van der Waals surface area contributed by atoms with E-state index in [0.29, 0.717) is 17.8 Å². The van der Waals surface area contributed by atoms with Gasteiger partial charge in [0.05, 0.1) is 22.3 Å². The van der Waals surface area contributed by atoms with E-state index in [-0.39, 0.29) is 0 Å². The molecule has 0 aliphatic carbocycles. The van der Waals surface area contributed by atoms with Gasteiger partial charge in [0.1, 0.15) is 17.0 Å². The molecule has 3 heteroatoms. The summed E-state index contributed by atoms with van der Waals surface area (Å²) in [6.07, 6.45) is 1.07. The maximum absolute atomic E-state index is 6.80. The molecule has 0 atom stereocenters. The van der Waals surface area contributed by atoms with E-state index in [9.17, 15) is 0 Å². The highest BCUT2D eigenvalue weighted by Gasteiger charge is 2.25. The number of benzene rings is 5. The molecule has 0 unspecified atom stereocenters. The van der Waals surface area contributed by atoms with Gasteiger partial charge in [0.2, 0.25) is 0 Å². The Bertz CT molecular complexity index is 2080. The highest BCUT2D eigenvalue weighted by Crippen LogP contribution is 2.42. The minimum absolute atomic E-state index is 0.354. The summed E-state index contributed by atoms with van der Waals surface area (Å²) >= 11 is 0. The van der Waals surface area contributed by atoms with Gasteiger partial charge in [-0.25, -0.2) is 4.98 Å². The molecule has 0 amide bonds. The number of hydrogen-bond donors (Lipinski definition) is 0. The van der Waals surface area contributed by atoms with Gasteiger partial charge in [-0.2, -0.15) is 0 Å². The second-order valence-electron chi connectivity index (χ2n) is 12.7. The third-order valence-corrected chi connectivity index (χ3v) is 8.53. The van der Waals surface area contributed by atoms with Gasteiger partial charge >= 0.3 is 0 Å². The molecule has 7 aromatic rings. The van der Waals surface area contributed by atoms with Crippen molar-refractivity contribution < 1.29 is 4.42 Å². The molecule has 2 heterocycles. The van der Waals surface area contributed by atoms with Crippen LogP contribution in [-0.4, -0.2) is 9.55 Å². The average Bonchev–Trinajstić information content (AvgIpc) is 3.55. The number of aromatic nitrogens is 2. The summed E-state index contributed by atoms with van der Waals surface area (Å²) in [5, 5.41) is 4.57. The fourth-order valence-corrected chi connectivity index (χ4v) is 6.61. The van der Waals surface area contributed by atoms with Gasteiger partial charge in [0, 0.05) is 16.2 Å². The van der Waals surface area contributed by atoms with E-state index in [4.69, 9.17) is 9.40 Å². The van der Waals surface area contributed by atoms with Gasteiger partial charge in [-0.15, -0.1) is 0 Å². The zero-order chi connectivity index (χ0) is 29.1. The lowest BCUT2D eigenvalue weighted by molar-refractivity contribution is 0.644. The summed E-state index contributed by atoms with van der Waals surface area (Å²) < 4.78 is 9.22. The highest BCUT2D eigenvalue weighted by molar-refractivity contribution is 6.17. The number of nitrogens with zero attached hydrogens (tertiary/aromatic N) is 2. The molecule has 7 rings (SSSR count). The second-order valence-corrected chi connectivity index (χ2v) is 12.7. The summed E-state index contributed by atoms with van der Waals surface area (Å²) in [5.74, 6) is 2.23. The van der Waals surface area contributed by atoms with E-state index in [1.807, 2.05) is 0 Å². The van der Waals surface area contributed by atoms with Crippen LogP contribution in [0.3, 0.4) is 0 Å². The molecule has 0 fully saturated rings. The molecule has 2 aromatic heterocycles. The van der Waals surface area contributed by atoms with Crippen molar-refractivity contribution in [2.45, 2.75) is 59.8 Å². The van der Waals surface area contributed by atoms with Crippen LogP contribution in [0.1, 0.15) is 70.1 Å². The standard InChI is InChI=1S/C39H38N2O/c1-23(2)20-26-21-32(24(3)4)36(33(22-26)25(5)6)41-35-17-10-9-16-34(35)40-39(41)31-15-11-14-29-30-19-18-27-12-7-8-13-28(27)37(30)42-38(29)31/h7-19,21-25H,20H2,1-6H3. The van der Waals surface area contributed by atoms with Gasteiger partial charge in [-0.05, 0) is 70.5 Å². The summed E-state index contributed by atoms with van der Waals surface area (Å²) in [5.41, 5.74) is 10.3. The molecule has 0 radical (unpaired) electrons. The third-order valence-electron chi connectivity index (χ3n) is 8.53. The van der Waals surface area contributed by atoms with Crippen LogP contribution in [-0.2, 0) is 6.42 Å². The Morgan fingerprint density at radius 1 is 0.667 bits per heavy atom. The summed E-state index contributed by atoms with van der Waals surface area (Å²) in [7, 11) is 0. The lowest BCUT2D eigenvalue weighted by Crippen LogP contribution is -2.10. The van der Waals surface area contributed by atoms with Gasteiger partial charge in [-0.1, -0.05) is 108 Å². The zero-order valence-electron chi connectivity index (χ0n) is 25.4. The van der Waals surface area contributed by atoms with Gasteiger partial charge in [0.25, 0.3) is 0 Å². The van der Waals surface area contributed by atoms with Gasteiger partial charge in [-0.3, -0.25) is 4.57 Å². The molecule has 0 spiro atoms. The maximum Gasteiger partial charge on any atom is 0.149 e. The molecule has 0 bridgehead atoms. The van der Waals surface area contributed by atoms with Crippen molar-refractivity contribution in [3.8, 4) is 17.1 Å². The Kier molecular flexibility index (Phi) is 6.42. The minimum atomic E-state index is 0.354. The Hall–Kier alpha value is -4.37. The normalized spacial score (nSPS) is 12.3. The fraction of sp³-hybridized carbons (Fsp3) is 0.256.